The van der Waals surface area contributed by atoms with E-state index in [0.717, 1.165) is 32.4 Å². The minimum absolute atomic E-state index is 0.0520. The van der Waals surface area contributed by atoms with Crippen molar-refractivity contribution < 1.29 is 13.9 Å². The Morgan fingerprint density at radius 1 is 1.52 bits per heavy atom. The summed E-state index contributed by atoms with van der Waals surface area (Å²) in [5, 5.41) is 3.33. The number of amides is 1. The van der Waals surface area contributed by atoms with Gasteiger partial charge in [-0.15, -0.1) is 0 Å². The molecule has 1 aliphatic rings. The van der Waals surface area contributed by atoms with Gasteiger partial charge in [0.2, 0.25) is 0 Å². The molecular formula is C16H23FN2O2. The highest BCUT2D eigenvalue weighted by molar-refractivity contribution is 5.94. The first kappa shape index (κ1) is 15.8. The van der Waals surface area contributed by atoms with Crippen molar-refractivity contribution in [1.82, 2.24) is 10.2 Å². The zero-order chi connectivity index (χ0) is 15.2. The largest absolute Gasteiger partial charge is 0.494 e. The van der Waals surface area contributed by atoms with Gasteiger partial charge in [-0.05, 0) is 44.0 Å². The van der Waals surface area contributed by atoms with E-state index < -0.39 is 5.82 Å². The van der Waals surface area contributed by atoms with Crippen LogP contribution in [0, 0.1) is 5.82 Å². The van der Waals surface area contributed by atoms with Crippen LogP contribution >= 0.6 is 0 Å². The van der Waals surface area contributed by atoms with E-state index in [-0.39, 0.29) is 17.7 Å². The van der Waals surface area contributed by atoms with Gasteiger partial charge in [-0.3, -0.25) is 4.79 Å². The predicted molar refractivity (Wildman–Crippen MR) is 80.2 cm³/mol. The zero-order valence-electron chi connectivity index (χ0n) is 12.7. The van der Waals surface area contributed by atoms with Gasteiger partial charge in [0, 0.05) is 24.7 Å². The van der Waals surface area contributed by atoms with E-state index in [9.17, 15) is 9.18 Å². The number of piperidine rings is 1. The Kier molecular flexibility index (Phi) is 5.56. The van der Waals surface area contributed by atoms with Crippen LogP contribution < -0.4 is 10.1 Å². The van der Waals surface area contributed by atoms with Crippen LogP contribution in [0.1, 0.15) is 36.5 Å². The van der Waals surface area contributed by atoms with Crippen LogP contribution in [0.5, 0.6) is 5.75 Å². The predicted octanol–water partition coefficient (Wildman–Crippen LogP) is 2.44. The van der Waals surface area contributed by atoms with Crippen molar-refractivity contribution in [3.63, 3.8) is 0 Å². The molecule has 1 atom stereocenters. The second kappa shape index (κ2) is 7.41. The fraction of sp³-hybridized carbons (Fsp3) is 0.562. The summed E-state index contributed by atoms with van der Waals surface area (Å²) in [4.78, 5) is 14.6. The van der Waals surface area contributed by atoms with Crippen molar-refractivity contribution in [3.05, 3.63) is 29.6 Å². The normalized spacial score (nSPS) is 18.3. The molecular weight excluding hydrogens is 271 g/mol. The number of hydrogen-bond acceptors (Lipinski definition) is 3. The monoisotopic (exact) mass is 294 g/mol. The minimum Gasteiger partial charge on any atom is -0.494 e. The number of nitrogens with one attached hydrogen (secondary N) is 1. The fourth-order valence-corrected chi connectivity index (χ4v) is 2.75. The molecule has 116 valence electrons. The fourth-order valence-electron chi connectivity index (χ4n) is 2.75. The van der Waals surface area contributed by atoms with Gasteiger partial charge >= 0.3 is 0 Å². The van der Waals surface area contributed by atoms with Gasteiger partial charge in [0.15, 0.2) is 11.6 Å². The number of ether oxygens (including phenoxy) is 1. The zero-order valence-corrected chi connectivity index (χ0v) is 12.7. The molecule has 0 saturated carbocycles. The smallest absolute Gasteiger partial charge is 0.254 e. The summed E-state index contributed by atoms with van der Waals surface area (Å²) in [5.74, 6) is -0.390. The summed E-state index contributed by atoms with van der Waals surface area (Å²) in [6.07, 6.45) is 2.99. The molecule has 1 aliphatic heterocycles. The van der Waals surface area contributed by atoms with E-state index in [4.69, 9.17) is 4.74 Å². The molecule has 1 heterocycles. The summed E-state index contributed by atoms with van der Waals surface area (Å²) in [7, 11) is 1.40. The molecule has 21 heavy (non-hydrogen) atoms. The van der Waals surface area contributed by atoms with Gasteiger partial charge in [0.05, 0.1) is 7.11 Å². The number of halogens is 1. The maximum atomic E-state index is 13.5. The van der Waals surface area contributed by atoms with E-state index >= 15 is 0 Å². The number of carbonyl (C=O) groups excluding carboxylic acids is 1. The Labute approximate surface area is 125 Å². The van der Waals surface area contributed by atoms with E-state index in [2.05, 4.69) is 12.2 Å². The SMILES string of the molecule is CCCN(C(=O)c1ccc(F)c(OC)c1)C1CCCNC1. The van der Waals surface area contributed by atoms with Gasteiger partial charge < -0.3 is 15.0 Å². The number of methoxy groups -OCH3 is 1. The highest BCUT2D eigenvalue weighted by Gasteiger charge is 2.26. The van der Waals surface area contributed by atoms with Crippen LogP contribution in [0.4, 0.5) is 4.39 Å². The Balaban J connectivity index is 2.20. The van der Waals surface area contributed by atoms with Crippen molar-refractivity contribution >= 4 is 5.91 Å². The van der Waals surface area contributed by atoms with E-state index in [1.54, 1.807) is 0 Å². The minimum atomic E-state index is -0.449. The van der Waals surface area contributed by atoms with Crippen molar-refractivity contribution in [2.75, 3.05) is 26.7 Å². The van der Waals surface area contributed by atoms with Crippen LogP contribution in [0.2, 0.25) is 0 Å². The highest BCUT2D eigenvalue weighted by atomic mass is 19.1. The molecule has 1 saturated heterocycles. The topological polar surface area (TPSA) is 41.6 Å². The Hall–Kier alpha value is -1.62. The second-order valence-corrected chi connectivity index (χ2v) is 5.35. The number of carbonyl (C=O) groups is 1. The number of nitrogens with zero attached hydrogens (tertiary/aromatic N) is 1. The number of hydrogen-bond donors (Lipinski definition) is 1. The lowest BCUT2D eigenvalue weighted by molar-refractivity contribution is 0.0648. The van der Waals surface area contributed by atoms with Crippen LogP contribution in [0.25, 0.3) is 0 Å². The summed E-state index contributed by atoms with van der Waals surface area (Å²) in [5.41, 5.74) is 0.479. The summed E-state index contributed by atoms with van der Waals surface area (Å²) in [6.45, 7) is 4.60. The second-order valence-electron chi connectivity index (χ2n) is 5.35. The van der Waals surface area contributed by atoms with Crippen molar-refractivity contribution in [2.45, 2.75) is 32.2 Å². The quantitative estimate of drug-likeness (QED) is 0.907. The summed E-state index contributed by atoms with van der Waals surface area (Å²) < 4.78 is 18.4. The third-order valence-electron chi connectivity index (χ3n) is 3.84. The Morgan fingerprint density at radius 2 is 2.33 bits per heavy atom. The molecule has 0 bridgehead atoms. The molecule has 0 aromatic heterocycles. The van der Waals surface area contributed by atoms with Crippen LogP contribution in [0.3, 0.4) is 0 Å². The number of benzene rings is 1. The van der Waals surface area contributed by atoms with E-state index in [1.165, 1.54) is 25.3 Å². The lowest BCUT2D eigenvalue weighted by Crippen LogP contribution is -2.49. The Bertz CT molecular complexity index is 487. The first-order valence-corrected chi connectivity index (χ1v) is 7.52. The molecule has 2 rings (SSSR count). The third-order valence-corrected chi connectivity index (χ3v) is 3.84. The standard InChI is InChI=1S/C16H23FN2O2/c1-3-9-19(13-5-4-8-18-11-13)16(20)12-6-7-14(17)15(10-12)21-2/h6-7,10,13,18H,3-5,8-9,11H2,1-2H3. The molecule has 1 unspecified atom stereocenters. The maximum Gasteiger partial charge on any atom is 0.254 e. The lowest BCUT2D eigenvalue weighted by atomic mass is 10.0. The lowest BCUT2D eigenvalue weighted by Gasteiger charge is -2.34. The first-order chi connectivity index (χ1) is 10.2. The first-order valence-electron chi connectivity index (χ1n) is 7.52. The van der Waals surface area contributed by atoms with E-state index in [1.807, 2.05) is 4.90 Å². The van der Waals surface area contributed by atoms with E-state index in [0.29, 0.717) is 12.1 Å². The highest BCUT2D eigenvalue weighted by Crippen LogP contribution is 2.21. The van der Waals surface area contributed by atoms with Crippen molar-refractivity contribution in [1.29, 1.82) is 0 Å². The molecule has 0 aliphatic carbocycles. The van der Waals surface area contributed by atoms with Crippen molar-refractivity contribution in [2.24, 2.45) is 0 Å². The van der Waals surface area contributed by atoms with Crippen LogP contribution in [0.15, 0.2) is 18.2 Å². The summed E-state index contributed by atoms with van der Waals surface area (Å²) >= 11 is 0. The summed E-state index contributed by atoms with van der Waals surface area (Å²) in [6, 6.07) is 4.51. The average molecular weight is 294 g/mol. The molecule has 4 nitrogen and oxygen atoms in total. The van der Waals surface area contributed by atoms with Crippen molar-refractivity contribution in [3.8, 4) is 5.75 Å². The third kappa shape index (κ3) is 3.73. The molecule has 0 radical (unpaired) electrons. The van der Waals surface area contributed by atoms with Crippen LogP contribution in [-0.4, -0.2) is 43.6 Å². The molecule has 1 aromatic carbocycles. The van der Waals surface area contributed by atoms with Gasteiger partial charge in [-0.25, -0.2) is 4.39 Å². The van der Waals surface area contributed by atoms with Gasteiger partial charge in [-0.2, -0.15) is 0 Å². The van der Waals surface area contributed by atoms with Gasteiger partial charge in [0.1, 0.15) is 0 Å². The molecule has 1 fully saturated rings. The van der Waals surface area contributed by atoms with Gasteiger partial charge in [-0.1, -0.05) is 6.92 Å². The Morgan fingerprint density at radius 3 is 2.95 bits per heavy atom. The average Bonchev–Trinajstić information content (AvgIpc) is 2.53. The molecule has 1 N–H and O–H groups in total. The maximum absolute atomic E-state index is 13.5. The molecule has 5 heteroatoms. The molecule has 0 spiro atoms. The van der Waals surface area contributed by atoms with Crippen LogP contribution in [-0.2, 0) is 0 Å². The number of rotatable bonds is 5. The molecule has 1 aromatic rings. The molecule has 1 amide bonds. The van der Waals surface area contributed by atoms with Gasteiger partial charge in [0.25, 0.3) is 5.91 Å².